The van der Waals surface area contributed by atoms with Crippen molar-refractivity contribution in [3.05, 3.63) is 59.0 Å². The predicted octanol–water partition coefficient (Wildman–Crippen LogP) is 1.67. The number of fused-ring (bicyclic) bond motifs is 1. The number of nitrogens with zero attached hydrogens (tertiary/aromatic N) is 2. The zero-order chi connectivity index (χ0) is 20.3. The van der Waals surface area contributed by atoms with Gasteiger partial charge in [-0.25, -0.2) is 0 Å². The molecule has 0 saturated heterocycles. The summed E-state index contributed by atoms with van der Waals surface area (Å²) in [5, 5.41) is 2.65. The van der Waals surface area contributed by atoms with E-state index in [-0.39, 0.29) is 41.6 Å². The summed E-state index contributed by atoms with van der Waals surface area (Å²) >= 11 is 0. The number of carbonyl (C=O) groups is 4. The standard InChI is InChI=1S/C20H21N3O5/c1-3-21-17(24)12-22(4-2)18(25)13-7-8-15-16(10-13)20(27)23(19(15)26)11-14-6-5-9-28-14/h5-10H,3-4,11-12H2,1-2H3,(H,21,24). The molecule has 0 atom stereocenters. The summed E-state index contributed by atoms with van der Waals surface area (Å²) in [5.74, 6) is -1.04. The van der Waals surface area contributed by atoms with Crippen molar-refractivity contribution in [3.63, 3.8) is 0 Å². The van der Waals surface area contributed by atoms with Gasteiger partial charge in [-0.2, -0.15) is 0 Å². The van der Waals surface area contributed by atoms with Crippen LogP contribution in [0.2, 0.25) is 0 Å². The zero-order valence-corrected chi connectivity index (χ0v) is 15.7. The largest absolute Gasteiger partial charge is 0.467 e. The Kier molecular flexibility index (Phi) is 5.58. The fourth-order valence-corrected chi connectivity index (χ4v) is 3.06. The van der Waals surface area contributed by atoms with Gasteiger partial charge in [0.15, 0.2) is 0 Å². The molecule has 8 nitrogen and oxygen atoms in total. The lowest BCUT2D eigenvalue weighted by atomic mass is 10.0. The molecule has 0 bridgehead atoms. The second-order valence-electron chi connectivity index (χ2n) is 6.31. The maximum absolute atomic E-state index is 12.8. The fourth-order valence-electron chi connectivity index (χ4n) is 3.06. The number of likely N-dealkylation sites (N-methyl/N-ethyl adjacent to an activating group) is 2. The van der Waals surface area contributed by atoms with Gasteiger partial charge in [0.05, 0.1) is 30.5 Å². The number of hydrogen-bond acceptors (Lipinski definition) is 5. The van der Waals surface area contributed by atoms with E-state index in [1.807, 2.05) is 0 Å². The Morgan fingerprint density at radius 2 is 1.86 bits per heavy atom. The first-order valence-corrected chi connectivity index (χ1v) is 9.04. The first-order valence-electron chi connectivity index (χ1n) is 9.04. The molecule has 2 heterocycles. The molecule has 0 aliphatic carbocycles. The van der Waals surface area contributed by atoms with Crippen molar-refractivity contribution >= 4 is 23.6 Å². The van der Waals surface area contributed by atoms with E-state index in [0.29, 0.717) is 18.8 Å². The molecule has 8 heteroatoms. The number of hydrogen-bond donors (Lipinski definition) is 1. The van der Waals surface area contributed by atoms with Gasteiger partial charge in [-0.3, -0.25) is 24.1 Å². The first kappa shape index (κ1) is 19.3. The van der Waals surface area contributed by atoms with Gasteiger partial charge >= 0.3 is 0 Å². The Balaban J connectivity index is 1.81. The van der Waals surface area contributed by atoms with Gasteiger partial charge in [-0.15, -0.1) is 0 Å². The smallest absolute Gasteiger partial charge is 0.261 e. The van der Waals surface area contributed by atoms with Crippen LogP contribution in [0.25, 0.3) is 0 Å². The van der Waals surface area contributed by atoms with Crippen molar-refractivity contribution in [2.45, 2.75) is 20.4 Å². The third kappa shape index (κ3) is 3.66. The van der Waals surface area contributed by atoms with E-state index in [1.165, 1.54) is 29.4 Å². The van der Waals surface area contributed by atoms with Crippen molar-refractivity contribution in [1.82, 2.24) is 15.1 Å². The summed E-state index contributed by atoms with van der Waals surface area (Å²) in [6.45, 7) is 4.34. The third-order valence-corrected chi connectivity index (χ3v) is 4.49. The lowest BCUT2D eigenvalue weighted by molar-refractivity contribution is -0.121. The van der Waals surface area contributed by atoms with E-state index in [4.69, 9.17) is 4.42 Å². The SMILES string of the molecule is CCNC(=O)CN(CC)C(=O)c1ccc2c(c1)C(=O)N(Cc1ccco1)C2=O. The molecule has 3 rings (SSSR count). The lowest BCUT2D eigenvalue weighted by Gasteiger charge is -2.20. The van der Waals surface area contributed by atoms with Crippen LogP contribution in [0.1, 0.15) is 50.7 Å². The lowest BCUT2D eigenvalue weighted by Crippen LogP contribution is -2.40. The number of furan rings is 1. The van der Waals surface area contributed by atoms with Gasteiger partial charge in [-0.05, 0) is 44.2 Å². The normalized spacial score (nSPS) is 12.9. The minimum Gasteiger partial charge on any atom is -0.467 e. The molecule has 146 valence electrons. The Bertz CT molecular complexity index is 920. The molecule has 0 saturated carbocycles. The molecule has 0 radical (unpaired) electrons. The Hall–Kier alpha value is -3.42. The van der Waals surface area contributed by atoms with E-state index in [2.05, 4.69) is 5.32 Å². The molecule has 28 heavy (non-hydrogen) atoms. The van der Waals surface area contributed by atoms with Gasteiger partial charge < -0.3 is 14.6 Å². The third-order valence-electron chi connectivity index (χ3n) is 4.49. The highest BCUT2D eigenvalue weighted by Gasteiger charge is 2.36. The maximum Gasteiger partial charge on any atom is 0.261 e. The Labute approximate surface area is 162 Å². The topological polar surface area (TPSA) is 99.9 Å². The average Bonchev–Trinajstić information content (AvgIpc) is 3.29. The van der Waals surface area contributed by atoms with Gasteiger partial charge in [0, 0.05) is 18.7 Å². The second-order valence-corrected chi connectivity index (χ2v) is 6.31. The summed E-state index contributed by atoms with van der Waals surface area (Å²) in [5.41, 5.74) is 0.683. The van der Waals surface area contributed by atoms with Crippen molar-refractivity contribution in [2.24, 2.45) is 0 Å². The summed E-state index contributed by atoms with van der Waals surface area (Å²) < 4.78 is 5.21. The molecule has 4 amide bonds. The van der Waals surface area contributed by atoms with Crippen LogP contribution in [0.15, 0.2) is 41.0 Å². The molecule has 0 fully saturated rings. The molecule has 1 aromatic heterocycles. The van der Waals surface area contributed by atoms with E-state index < -0.39 is 11.8 Å². The highest BCUT2D eigenvalue weighted by atomic mass is 16.3. The number of amides is 4. The quantitative estimate of drug-likeness (QED) is 0.733. The molecule has 1 aliphatic rings. The predicted molar refractivity (Wildman–Crippen MR) is 99.6 cm³/mol. The molecular weight excluding hydrogens is 362 g/mol. The van der Waals surface area contributed by atoms with Crippen LogP contribution in [0.5, 0.6) is 0 Å². The summed E-state index contributed by atoms with van der Waals surface area (Å²) in [4.78, 5) is 52.3. The van der Waals surface area contributed by atoms with E-state index >= 15 is 0 Å². The molecule has 0 spiro atoms. The minimum atomic E-state index is -0.474. The van der Waals surface area contributed by atoms with Crippen molar-refractivity contribution in [2.75, 3.05) is 19.6 Å². The van der Waals surface area contributed by atoms with Crippen LogP contribution in [0.3, 0.4) is 0 Å². The van der Waals surface area contributed by atoms with Crippen molar-refractivity contribution in [3.8, 4) is 0 Å². The van der Waals surface area contributed by atoms with Crippen molar-refractivity contribution < 1.29 is 23.6 Å². The van der Waals surface area contributed by atoms with Crippen LogP contribution in [-0.2, 0) is 11.3 Å². The fraction of sp³-hybridized carbons (Fsp3) is 0.300. The minimum absolute atomic E-state index is 0.0287. The van der Waals surface area contributed by atoms with Crippen LogP contribution in [-0.4, -0.2) is 53.1 Å². The molecule has 1 aromatic carbocycles. The molecule has 1 aliphatic heterocycles. The Morgan fingerprint density at radius 1 is 1.11 bits per heavy atom. The number of carbonyl (C=O) groups excluding carboxylic acids is 4. The first-order chi connectivity index (χ1) is 13.5. The van der Waals surface area contributed by atoms with Crippen LogP contribution < -0.4 is 5.32 Å². The maximum atomic E-state index is 12.8. The zero-order valence-electron chi connectivity index (χ0n) is 15.7. The van der Waals surface area contributed by atoms with Crippen LogP contribution >= 0.6 is 0 Å². The van der Waals surface area contributed by atoms with E-state index in [9.17, 15) is 19.2 Å². The summed E-state index contributed by atoms with van der Waals surface area (Å²) in [6.07, 6.45) is 1.47. The van der Waals surface area contributed by atoms with Gasteiger partial charge in [0.2, 0.25) is 5.91 Å². The monoisotopic (exact) mass is 383 g/mol. The Morgan fingerprint density at radius 3 is 2.50 bits per heavy atom. The second kappa shape index (κ2) is 8.08. The van der Waals surface area contributed by atoms with Crippen LogP contribution in [0, 0.1) is 0 Å². The highest BCUT2D eigenvalue weighted by molar-refractivity contribution is 6.22. The van der Waals surface area contributed by atoms with E-state index in [0.717, 1.165) is 4.90 Å². The number of benzene rings is 1. The summed E-state index contributed by atoms with van der Waals surface area (Å²) in [7, 11) is 0. The average molecular weight is 383 g/mol. The van der Waals surface area contributed by atoms with Gasteiger partial charge in [0.25, 0.3) is 17.7 Å². The van der Waals surface area contributed by atoms with E-state index in [1.54, 1.807) is 26.0 Å². The number of nitrogens with one attached hydrogen (secondary N) is 1. The summed E-state index contributed by atoms with van der Waals surface area (Å²) in [6, 6.07) is 7.76. The molecule has 1 N–H and O–H groups in total. The van der Waals surface area contributed by atoms with Crippen molar-refractivity contribution in [1.29, 1.82) is 0 Å². The molecule has 2 aromatic rings. The molecule has 0 unspecified atom stereocenters. The van der Waals surface area contributed by atoms with Gasteiger partial charge in [0.1, 0.15) is 5.76 Å². The molecular formula is C20H21N3O5. The number of rotatable bonds is 7. The van der Waals surface area contributed by atoms with Crippen LogP contribution in [0.4, 0.5) is 0 Å². The number of imide groups is 1. The highest BCUT2D eigenvalue weighted by Crippen LogP contribution is 2.26. The van der Waals surface area contributed by atoms with Gasteiger partial charge in [-0.1, -0.05) is 0 Å².